The van der Waals surface area contributed by atoms with Gasteiger partial charge in [-0.15, -0.1) is 0 Å². The van der Waals surface area contributed by atoms with Crippen molar-refractivity contribution in [2.45, 2.75) is 19.6 Å². The summed E-state index contributed by atoms with van der Waals surface area (Å²) < 4.78 is 144. The predicted octanol–water partition coefficient (Wildman–Crippen LogP) is 9.27. The third kappa shape index (κ3) is 8.95. The second-order valence-corrected chi connectivity index (χ2v) is 23.0. The van der Waals surface area contributed by atoms with Crippen LogP contribution in [0, 0.1) is 21.6 Å². The molecule has 0 aliphatic heterocycles. The van der Waals surface area contributed by atoms with E-state index in [0.29, 0.717) is 30.3 Å². The van der Waals surface area contributed by atoms with Crippen LogP contribution in [0.4, 0.5) is 22.7 Å². The van der Waals surface area contributed by atoms with Crippen LogP contribution in [0.25, 0.3) is 74.1 Å². The van der Waals surface area contributed by atoms with E-state index < -0.39 is 156 Å². The van der Waals surface area contributed by atoms with E-state index in [1.54, 1.807) is 0 Å². The quantitative estimate of drug-likeness (QED) is 0.0766. The number of nitrogens with zero attached hydrogens (tertiary/aromatic N) is 8. The molecule has 24 nitrogen and oxygen atoms in total. The van der Waals surface area contributed by atoms with E-state index in [9.17, 15) is 50.4 Å². The Kier molecular flexibility index (Phi) is 12.9. The molecule has 10 aromatic rings. The van der Waals surface area contributed by atoms with E-state index in [1.165, 1.54) is 84.9 Å². The van der Waals surface area contributed by atoms with Crippen LogP contribution in [-0.4, -0.2) is 33.7 Å². The van der Waals surface area contributed by atoms with Gasteiger partial charge < -0.3 is 37.2 Å². The fourth-order valence-corrected chi connectivity index (χ4v) is 13.4. The van der Waals surface area contributed by atoms with E-state index in [-0.39, 0.29) is 27.1 Å². The van der Waals surface area contributed by atoms with Crippen molar-refractivity contribution in [1.29, 1.82) is 21.6 Å². The van der Waals surface area contributed by atoms with Gasteiger partial charge in [0, 0.05) is 27.1 Å². The molecule has 0 saturated heterocycles. The molecule has 28 heteroatoms. The Morgan fingerprint density at radius 1 is 0.312 bits per heavy atom. The Labute approximate surface area is 450 Å². The highest BCUT2D eigenvalue weighted by Crippen LogP contribution is 2.55. The summed E-state index contributed by atoms with van der Waals surface area (Å²) in [7, 11) is -23.0. The molecular weight excluding hydrogens is 1120 g/mol. The van der Waals surface area contributed by atoms with Crippen LogP contribution in [0.15, 0.2) is 177 Å². The van der Waals surface area contributed by atoms with Crippen molar-refractivity contribution in [1.82, 2.24) is 0 Å². The molecule has 0 saturated carbocycles. The fraction of sp³-hybridized carbons (Fsp3) is 0. The van der Waals surface area contributed by atoms with Crippen LogP contribution < -0.4 is 37.2 Å². The van der Waals surface area contributed by atoms with Crippen LogP contribution in [0.1, 0.15) is 0 Å². The molecule has 0 atom stereocenters. The summed E-state index contributed by atoms with van der Waals surface area (Å²) in [6.45, 7) is 0. The highest BCUT2D eigenvalue weighted by atomic mass is 32.2. The Bertz CT molecular complexity index is 5020. The van der Waals surface area contributed by atoms with Gasteiger partial charge in [-0.05, 0) is 56.2 Å². The molecule has 0 aliphatic carbocycles. The summed E-state index contributed by atoms with van der Waals surface area (Å²) in [6, 6.07) is 29.1. The minimum Gasteiger partial charge on any atom is -0.867 e. The molecule has 0 amide bonds. The van der Waals surface area contributed by atoms with Gasteiger partial charge in [-0.2, -0.15) is 33.7 Å². The smallest absolute Gasteiger partial charge is 0.379 e. The summed E-state index contributed by atoms with van der Waals surface area (Å²) in [4.78, 5) is 7.66. The van der Waals surface area contributed by atoms with Gasteiger partial charge in [0.1, 0.15) is 19.6 Å². The van der Waals surface area contributed by atoms with E-state index in [2.05, 4.69) is 19.9 Å². The van der Waals surface area contributed by atoms with Crippen LogP contribution in [0.3, 0.4) is 0 Å². The molecule has 0 N–H and O–H groups in total. The molecule has 0 aliphatic rings. The third-order valence-corrected chi connectivity index (χ3v) is 17.3. The summed E-state index contributed by atoms with van der Waals surface area (Å²) in [5, 5.41) is 89.8. The van der Waals surface area contributed by atoms with Gasteiger partial charge in [-0.25, -0.2) is 0 Å². The minimum absolute atomic E-state index is 0.210. The average molecular weight is 1150 g/mol. The molecule has 394 valence electrons. The van der Waals surface area contributed by atoms with Crippen molar-refractivity contribution >= 4 is 106 Å². The summed E-state index contributed by atoms with van der Waals surface area (Å²) in [6.07, 6.45) is 0. The standard InChI is InChI=1S/C52H26N8O16S4/c53-57-37-23-42(28-14-4-8-18-32(28)46(37)61)77(65,66)73-41-22-36(27-12-2-1-3-13-27)50(74-78(67,68)43-24-38(58-54)47(62)33-19-9-5-15-29(33)43)52(76-80(71,72)45-26-40(60-56)49(64)35-21-11-7-17-31(35)45)51(41)75-79(69,70)44-25-39(59-55)48(63)34-20-10-6-16-30(34)44/h1-26H. The van der Waals surface area contributed by atoms with Crippen molar-refractivity contribution in [3.8, 4) is 57.1 Å². The van der Waals surface area contributed by atoms with E-state index in [0.717, 1.165) is 42.5 Å². The predicted molar refractivity (Wildman–Crippen MR) is 276 cm³/mol. The largest absolute Gasteiger partial charge is 0.867 e. The van der Waals surface area contributed by atoms with E-state index in [1.807, 2.05) is 0 Å². The van der Waals surface area contributed by atoms with Crippen molar-refractivity contribution < 1.29 is 70.8 Å². The minimum atomic E-state index is -5.85. The topological polar surface area (TPSA) is 378 Å². The molecular formula is C52H26N8O16S4. The fourth-order valence-electron chi connectivity index (χ4n) is 8.69. The zero-order valence-electron chi connectivity index (χ0n) is 39.8. The SMILES string of the molecule is N#[N+]c1cc(S(=O)(=O)Oc2cc(-c3ccccc3)c(OS(=O)(=O)c3cc([N+]#N)c([O-])c4ccccc34)c(OS(=O)(=O)c3cc([N+]#N)c([O-])c4ccccc34)c2OS(=O)(=O)c2cc([N+]#N)c([O-])c3ccccc23)c2ccccc2c1[O-]. The maximum atomic E-state index is 15.2. The van der Waals surface area contributed by atoms with Gasteiger partial charge in [0.05, 0.1) is 24.3 Å². The lowest BCUT2D eigenvalue weighted by molar-refractivity contribution is -0.265. The van der Waals surface area contributed by atoms with Crippen molar-refractivity contribution in [3.05, 3.63) is 178 Å². The molecule has 80 heavy (non-hydrogen) atoms. The number of diazo groups is 4. The van der Waals surface area contributed by atoms with Crippen LogP contribution >= 0.6 is 0 Å². The van der Waals surface area contributed by atoms with Gasteiger partial charge in [-0.3, -0.25) is 0 Å². The second-order valence-electron chi connectivity index (χ2n) is 16.9. The maximum absolute atomic E-state index is 15.2. The van der Waals surface area contributed by atoms with Crippen LogP contribution in [0.5, 0.6) is 46.0 Å². The van der Waals surface area contributed by atoms with E-state index >= 15 is 25.3 Å². The first-order chi connectivity index (χ1) is 38.1. The normalized spacial score (nSPS) is 11.8. The monoisotopic (exact) mass is 1150 g/mol. The Morgan fingerprint density at radius 3 is 0.887 bits per heavy atom. The number of fused-ring (bicyclic) bond motifs is 4. The Hall–Kier alpha value is -10.9. The van der Waals surface area contributed by atoms with Gasteiger partial charge >= 0.3 is 63.2 Å². The molecule has 0 spiro atoms. The molecule has 0 unspecified atom stereocenters. The average Bonchev–Trinajstić information content (AvgIpc) is 3.49. The maximum Gasteiger partial charge on any atom is 0.379 e. The highest BCUT2D eigenvalue weighted by molar-refractivity contribution is 7.88. The van der Waals surface area contributed by atoms with Crippen molar-refractivity contribution in [3.63, 3.8) is 0 Å². The Morgan fingerprint density at radius 2 is 0.575 bits per heavy atom. The number of hydrogen-bond acceptors (Lipinski definition) is 20. The van der Waals surface area contributed by atoms with Crippen molar-refractivity contribution in [2.24, 2.45) is 0 Å². The number of rotatable bonds is 13. The van der Waals surface area contributed by atoms with Crippen LogP contribution in [-0.2, 0) is 40.5 Å². The van der Waals surface area contributed by atoms with Crippen molar-refractivity contribution in [2.75, 3.05) is 0 Å². The third-order valence-electron chi connectivity index (χ3n) is 12.3. The first kappa shape index (κ1) is 52.6. The lowest BCUT2D eigenvalue weighted by Crippen LogP contribution is -2.19. The van der Waals surface area contributed by atoms with Crippen LogP contribution in [0.2, 0.25) is 0 Å². The molecule has 10 rings (SSSR count). The summed E-state index contributed by atoms with van der Waals surface area (Å²) in [5.74, 6) is -10.1. The molecule has 10 aromatic carbocycles. The second kappa shape index (κ2) is 19.6. The molecule has 0 heterocycles. The zero-order chi connectivity index (χ0) is 57.1. The lowest BCUT2D eigenvalue weighted by atomic mass is 10.0. The zero-order valence-corrected chi connectivity index (χ0v) is 43.0. The first-order valence-electron chi connectivity index (χ1n) is 22.5. The van der Waals surface area contributed by atoms with Gasteiger partial charge in [0.2, 0.25) is 33.1 Å². The highest BCUT2D eigenvalue weighted by Gasteiger charge is 2.40. The van der Waals surface area contributed by atoms with Gasteiger partial charge in [0.25, 0.3) is 0 Å². The molecule has 0 fully saturated rings. The lowest BCUT2D eigenvalue weighted by Gasteiger charge is -2.23. The van der Waals surface area contributed by atoms with Gasteiger partial charge in [-0.1, -0.05) is 127 Å². The molecule has 0 aromatic heterocycles. The van der Waals surface area contributed by atoms with Gasteiger partial charge in [0.15, 0.2) is 31.4 Å². The summed E-state index contributed by atoms with van der Waals surface area (Å²) in [5.41, 5.74) is -4.43. The van der Waals surface area contributed by atoms with E-state index in [4.69, 9.17) is 16.7 Å². The molecule has 0 bridgehead atoms. The Balaban J connectivity index is 1.36. The summed E-state index contributed by atoms with van der Waals surface area (Å²) >= 11 is 0. The number of benzene rings is 10. The first-order valence-corrected chi connectivity index (χ1v) is 28.1. The number of hydrogen-bond donors (Lipinski definition) is 0. The molecule has 0 radical (unpaired) electrons.